The predicted molar refractivity (Wildman–Crippen MR) is 104 cm³/mol. The van der Waals surface area contributed by atoms with Crippen LogP contribution in [0.4, 0.5) is 0 Å². The maximum atomic E-state index is 11.8. The van der Waals surface area contributed by atoms with E-state index >= 15 is 0 Å². The van der Waals surface area contributed by atoms with Crippen LogP contribution in [0, 0.1) is 0 Å². The number of rotatable bonds is 6. The molecule has 1 aliphatic heterocycles. The Hall–Kier alpha value is -1.08. The number of halogens is 2. The second-order valence-electron chi connectivity index (χ2n) is 5.89. The van der Waals surface area contributed by atoms with E-state index in [4.69, 9.17) is 16.3 Å². The molecule has 1 aliphatic rings. The molecule has 134 valence electrons. The van der Waals surface area contributed by atoms with Crippen molar-refractivity contribution in [3.63, 3.8) is 0 Å². The summed E-state index contributed by atoms with van der Waals surface area (Å²) in [5.74, 6) is -0.00521. The third-order valence-corrected chi connectivity index (χ3v) is 6.12. The fourth-order valence-corrected chi connectivity index (χ4v) is 4.93. The Labute approximate surface area is 164 Å². The molecule has 0 aliphatic carbocycles. The Kier molecular flexibility index (Phi) is 6.04. The van der Waals surface area contributed by atoms with Gasteiger partial charge in [0.15, 0.2) is 0 Å². The highest BCUT2D eigenvalue weighted by Gasteiger charge is 2.38. The van der Waals surface area contributed by atoms with Gasteiger partial charge in [0.05, 0.1) is 17.0 Å². The summed E-state index contributed by atoms with van der Waals surface area (Å²) in [5, 5.41) is 9.65. The van der Waals surface area contributed by atoms with Gasteiger partial charge in [-0.2, -0.15) is 0 Å². The molecule has 1 aromatic carbocycles. The number of carbonyl (C=O) groups is 1. The second-order valence-corrected chi connectivity index (χ2v) is 8.56. The molecule has 25 heavy (non-hydrogen) atoms. The van der Waals surface area contributed by atoms with E-state index in [1.54, 1.807) is 0 Å². The highest BCUT2D eigenvalue weighted by molar-refractivity contribution is 9.10. The molecular weight excluding hydrogens is 426 g/mol. The predicted octanol–water partition coefficient (Wildman–Crippen LogP) is 5.20. The van der Waals surface area contributed by atoms with Crippen LogP contribution in [0.15, 0.2) is 34.8 Å². The van der Waals surface area contributed by atoms with Gasteiger partial charge in [-0.25, -0.2) is 0 Å². The summed E-state index contributed by atoms with van der Waals surface area (Å²) in [5.41, 5.74) is 0.961. The van der Waals surface area contributed by atoms with E-state index < -0.39 is 12.0 Å². The van der Waals surface area contributed by atoms with Gasteiger partial charge < -0.3 is 9.84 Å². The van der Waals surface area contributed by atoms with Crippen LogP contribution in [0.3, 0.4) is 0 Å². The van der Waals surface area contributed by atoms with E-state index in [9.17, 15) is 9.90 Å². The fraction of sp³-hybridized carbons (Fsp3) is 0.389. The number of hydrogen-bond acceptors (Lipinski definition) is 4. The SMILES string of the molecule is CCOc1ccc(Br)cc1C(c1ccc(Cl)s1)N1CCCC1C(=O)O. The minimum Gasteiger partial charge on any atom is -0.494 e. The van der Waals surface area contributed by atoms with Crippen molar-refractivity contribution in [1.29, 1.82) is 0 Å². The van der Waals surface area contributed by atoms with Crippen molar-refractivity contribution in [3.8, 4) is 5.75 Å². The minimum absolute atomic E-state index is 0.194. The Balaban J connectivity index is 2.12. The smallest absolute Gasteiger partial charge is 0.320 e. The molecule has 2 unspecified atom stereocenters. The van der Waals surface area contributed by atoms with Gasteiger partial charge in [0.1, 0.15) is 11.8 Å². The first-order valence-corrected chi connectivity index (χ1v) is 10.2. The van der Waals surface area contributed by atoms with Gasteiger partial charge in [0, 0.05) is 21.5 Å². The second kappa shape index (κ2) is 8.08. The van der Waals surface area contributed by atoms with Crippen LogP contribution in [0.1, 0.15) is 36.2 Å². The van der Waals surface area contributed by atoms with Gasteiger partial charge in [-0.05, 0) is 50.1 Å². The number of thiophene rings is 1. The summed E-state index contributed by atoms with van der Waals surface area (Å²) in [6.45, 7) is 3.23. The van der Waals surface area contributed by atoms with Crippen molar-refractivity contribution in [2.45, 2.75) is 31.8 Å². The van der Waals surface area contributed by atoms with Crippen molar-refractivity contribution in [1.82, 2.24) is 4.90 Å². The number of aliphatic carboxylic acids is 1. The maximum absolute atomic E-state index is 11.8. The number of carboxylic acids is 1. The number of carboxylic acid groups (broad SMARTS) is 1. The minimum atomic E-state index is -0.780. The summed E-state index contributed by atoms with van der Waals surface area (Å²) in [6.07, 6.45) is 1.52. The zero-order chi connectivity index (χ0) is 18.0. The van der Waals surface area contributed by atoms with Crippen LogP contribution in [0.25, 0.3) is 0 Å². The van der Waals surface area contributed by atoms with E-state index in [-0.39, 0.29) is 6.04 Å². The molecule has 0 spiro atoms. The zero-order valence-electron chi connectivity index (χ0n) is 13.7. The Morgan fingerprint density at radius 1 is 1.48 bits per heavy atom. The summed E-state index contributed by atoms with van der Waals surface area (Å²) in [7, 11) is 0. The largest absolute Gasteiger partial charge is 0.494 e. The molecule has 1 fully saturated rings. The molecular formula is C18H19BrClNO3S. The number of likely N-dealkylation sites (tertiary alicyclic amines) is 1. The first-order chi connectivity index (χ1) is 12.0. The lowest BCUT2D eigenvalue weighted by molar-refractivity contribution is -0.142. The molecule has 1 saturated heterocycles. The molecule has 2 aromatic rings. The Morgan fingerprint density at radius 3 is 2.92 bits per heavy atom. The van der Waals surface area contributed by atoms with E-state index in [1.165, 1.54) is 11.3 Å². The highest BCUT2D eigenvalue weighted by Crippen LogP contribution is 2.43. The third kappa shape index (κ3) is 4.03. The summed E-state index contributed by atoms with van der Waals surface area (Å²) >= 11 is 11.2. The number of ether oxygens (including phenoxy) is 1. The Bertz CT molecular complexity index is 767. The summed E-state index contributed by atoms with van der Waals surface area (Å²) in [4.78, 5) is 14.8. The van der Waals surface area contributed by atoms with Crippen molar-refractivity contribution in [2.75, 3.05) is 13.2 Å². The lowest BCUT2D eigenvalue weighted by atomic mass is 10.0. The molecule has 4 nitrogen and oxygen atoms in total. The maximum Gasteiger partial charge on any atom is 0.320 e. The van der Waals surface area contributed by atoms with Gasteiger partial charge >= 0.3 is 5.97 Å². The van der Waals surface area contributed by atoms with Gasteiger partial charge in [-0.3, -0.25) is 9.69 Å². The molecule has 2 atom stereocenters. The topological polar surface area (TPSA) is 49.8 Å². The van der Waals surface area contributed by atoms with E-state index in [2.05, 4.69) is 20.8 Å². The summed E-state index contributed by atoms with van der Waals surface area (Å²) in [6, 6.07) is 9.02. The Morgan fingerprint density at radius 2 is 2.28 bits per heavy atom. The van der Waals surface area contributed by atoms with Crippen LogP contribution >= 0.6 is 38.9 Å². The number of hydrogen-bond donors (Lipinski definition) is 1. The van der Waals surface area contributed by atoms with Crippen LogP contribution in [0.5, 0.6) is 5.75 Å². The molecule has 0 bridgehead atoms. The molecule has 0 saturated carbocycles. The first-order valence-electron chi connectivity index (χ1n) is 8.17. The zero-order valence-corrected chi connectivity index (χ0v) is 16.9. The molecule has 1 aromatic heterocycles. The van der Waals surface area contributed by atoms with Crippen LogP contribution < -0.4 is 4.74 Å². The average molecular weight is 445 g/mol. The van der Waals surface area contributed by atoms with Gasteiger partial charge in [-0.15, -0.1) is 11.3 Å². The molecule has 2 heterocycles. The third-order valence-electron chi connectivity index (χ3n) is 4.34. The molecule has 7 heteroatoms. The molecule has 0 radical (unpaired) electrons. The highest BCUT2D eigenvalue weighted by atomic mass is 79.9. The average Bonchev–Trinajstić information content (AvgIpc) is 3.20. The van der Waals surface area contributed by atoms with Crippen molar-refractivity contribution in [3.05, 3.63) is 49.6 Å². The fourth-order valence-electron chi connectivity index (χ4n) is 3.35. The van der Waals surface area contributed by atoms with Crippen LogP contribution in [0.2, 0.25) is 4.34 Å². The standard InChI is InChI=1S/C18H19BrClNO3S/c1-2-24-14-6-5-11(19)10-12(14)17(15-7-8-16(20)25-15)21-9-3-4-13(21)18(22)23/h5-8,10,13,17H,2-4,9H2,1H3,(H,22,23). The van der Waals surface area contributed by atoms with Crippen LogP contribution in [-0.2, 0) is 4.79 Å². The monoisotopic (exact) mass is 443 g/mol. The molecule has 0 amide bonds. The quantitative estimate of drug-likeness (QED) is 0.665. The molecule has 1 N–H and O–H groups in total. The van der Waals surface area contributed by atoms with Crippen molar-refractivity contribution in [2.24, 2.45) is 0 Å². The lowest BCUT2D eigenvalue weighted by Crippen LogP contribution is -2.39. The van der Waals surface area contributed by atoms with Crippen molar-refractivity contribution < 1.29 is 14.6 Å². The van der Waals surface area contributed by atoms with Gasteiger partial charge in [-0.1, -0.05) is 27.5 Å². The lowest BCUT2D eigenvalue weighted by Gasteiger charge is -2.32. The van der Waals surface area contributed by atoms with E-state index in [1.807, 2.05) is 37.3 Å². The van der Waals surface area contributed by atoms with Gasteiger partial charge in [0.2, 0.25) is 0 Å². The van der Waals surface area contributed by atoms with E-state index in [0.29, 0.717) is 17.4 Å². The van der Waals surface area contributed by atoms with Gasteiger partial charge in [0.25, 0.3) is 0 Å². The molecule has 3 rings (SSSR count). The number of nitrogens with zero attached hydrogens (tertiary/aromatic N) is 1. The normalized spacial score (nSPS) is 19.1. The van der Waals surface area contributed by atoms with Crippen LogP contribution in [-0.4, -0.2) is 35.2 Å². The van der Waals surface area contributed by atoms with E-state index in [0.717, 1.165) is 33.6 Å². The first kappa shape index (κ1) is 18.7. The van der Waals surface area contributed by atoms with Crippen molar-refractivity contribution >= 4 is 44.8 Å². The number of benzene rings is 1. The summed E-state index contributed by atoms with van der Waals surface area (Å²) < 4.78 is 7.46.